The van der Waals surface area contributed by atoms with E-state index in [1.54, 1.807) is 12.1 Å². The summed E-state index contributed by atoms with van der Waals surface area (Å²) >= 11 is 6.33. The monoisotopic (exact) mass is 434 g/mol. The third-order valence-electron chi connectivity index (χ3n) is 5.73. The Hall–Kier alpha value is -2.29. The van der Waals surface area contributed by atoms with Crippen molar-refractivity contribution in [3.63, 3.8) is 0 Å². The van der Waals surface area contributed by atoms with Gasteiger partial charge in [-0.05, 0) is 36.6 Å². The maximum Gasteiger partial charge on any atom is 0.477 e. The van der Waals surface area contributed by atoms with Crippen molar-refractivity contribution in [2.75, 3.05) is 20.6 Å². The van der Waals surface area contributed by atoms with E-state index in [4.69, 9.17) is 11.6 Å². The summed E-state index contributed by atoms with van der Waals surface area (Å²) < 4.78 is 29.7. The van der Waals surface area contributed by atoms with Crippen molar-refractivity contribution in [1.82, 2.24) is 9.21 Å². The number of hydrogen-bond acceptors (Lipinski definition) is 4. The van der Waals surface area contributed by atoms with Gasteiger partial charge in [0.05, 0.1) is 10.9 Å². The highest BCUT2D eigenvalue weighted by Crippen LogP contribution is 2.39. The minimum absolute atomic E-state index is 0.118. The van der Waals surface area contributed by atoms with Crippen LogP contribution in [0.2, 0.25) is 5.02 Å². The third-order valence-corrected chi connectivity index (χ3v) is 8.00. The maximum atomic E-state index is 13.5. The van der Waals surface area contributed by atoms with E-state index in [0.29, 0.717) is 23.7 Å². The van der Waals surface area contributed by atoms with E-state index in [2.05, 4.69) is 0 Å². The second-order valence-electron chi connectivity index (χ2n) is 7.35. The lowest BCUT2D eigenvalue weighted by molar-refractivity contribution is -0.418. The minimum Gasteiger partial charge on any atom is -0.317 e. The number of halogens is 1. The molecular weight excluding hydrogens is 414 g/mol. The molecule has 7 nitrogen and oxygen atoms in total. The molecule has 4 rings (SSSR count). The Morgan fingerprint density at radius 2 is 1.90 bits per heavy atom. The van der Waals surface area contributed by atoms with Gasteiger partial charge in [-0.25, -0.2) is 13.2 Å². The van der Waals surface area contributed by atoms with Crippen molar-refractivity contribution < 1.29 is 22.6 Å². The lowest BCUT2D eigenvalue weighted by Gasteiger charge is -2.30. The molecule has 0 aromatic heterocycles. The summed E-state index contributed by atoms with van der Waals surface area (Å²) in [6.45, 7) is 0.401. The Morgan fingerprint density at radius 1 is 1.17 bits per heavy atom. The van der Waals surface area contributed by atoms with Crippen LogP contribution in [0.4, 0.5) is 0 Å². The fourth-order valence-electron chi connectivity index (χ4n) is 4.11. The highest BCUT2D eigenvalue weighted by molar-refractivity contribution is 7.93. The largest absolute Gasteiger partial charge is 0.477 e. The molecule has 2 atom stereocenters. The molecule has 2 unspecified atom stereocenters. The van der Waals surface area contributed by atoms with E-state index >= 15 is 0 Å². The molecule has 0 radical (unpaired) electrons. The third kappa shape index (κ3) is 3.15. The fraction of sp³-hybridized carbons (Fsp3) is 0.350. The van der Waals surface area contributed by atoms with Gasteiger partial charge in [0.15, 0.2) is 0 Å². The predicted molar refractivity (Wildman–Crippen MR) is 109 cm³/mol. The topological polar surface area (TPSA) is 77.8 Å². The Morgan fingerprint density at radius 3 is 2.62 bits per heavy atom. The average molecular weight is 435 g/mol. The van der Waals surface area contributed by atoms with Gasteiger partial charge in [0.1, 0.15) is 13.1 Å². The number of likely N-dealkylation sites (N-methyl/N-ethyl adjacent to an activating group) is 2. The van der Waals surface area contributed by atoms with Crippen LogP contribution in [0.1, 0.15) is 24.4 Å². The molecule has 0 spiro atoms. The molecule has 3 aliphatic rings. The minimum atomic E-state index is -3.80. The molecule has 0 N–H and O–H groups in total. The molecule has 2 aliphatic heterocycles. The van der Waals surface area contributed by atoms with Crippen molar-refractivity contribution in [1.29, 1.82) is 0 Å². The Balaban J connectivity index is 1.72. The van der Waals surface area contributed by atoms with Gasteiger partial charge < -0.3 is 4.90 Å². The van der Waals surface area contributed by atoms with Crippen LogP contribution in [0.25, 0.3) is 0 Å². The van der Waals surface area contributed by atoms with E-state index in [1.807, 2.05) is 18.2 Å². The molecule has 152 valence electrons. The SMILES string of the molecule is CN1C(=O)C(=O)[N+](C)=C2C=CC(S(=O)(=O)N3CCCC3c3ccccc3Cl)=CC21. The van der Waals surface area contributed by atoms with E-state index in [0.717, 1.165) is 12.0 Å². The molecule has 1 aromatic carbocycles. The van der Waals surface area contributed by atoms with E-state index < -0.39 is 27.9 Å². The summed E-state index contributed by atoms with van der Waals surface area (Å²) in [6.07, 6.45) is 6.06. The molecule has 2 heterocycles. The molecular formula is C20H21ClN3O4S+. The number of amides is 2. The zero-order valence-electron chi connectivity index (χ0n) is 16.1. The number of carbonyl (C=O) groups is 2. The van der Waals surface area contributed by atoms with Crippen molar-refractivity contribution in [3.05, 3.63) is 58.0 Å². The first kappa shape index (κ1) is 20.0. The maximum absolute atomic E-state index is 13.5. The second-order valence-corrected chi connectivity index (χ2v) is 9.65. The van der Waals surface area contributed by atoms with Gasteiger partial charge in [0, 0.05) is 24.7 Å². The number of carbonyl (C=O) groups excluding carboxylic acids is 2. The van der Waals surface area contributed by atoms with Crippen LogP contribution in [-0.2, 0) is 19.6 Å². The van der Waals surface area contributed by atoms with Gasteiger partial charge in [0.2, 0.25) is 15.7 Å². The van der Waals surface area contributed by atoms with Crippen molar-refractivity contribution >= 4 is 39.2 Å². The fourth-order valence-corrected chi connectivity index (χ4v) is 6.11. The number of sulfonamides is 1. The van der Waals surface area contributed by atoms with E-state index in [9.17, 15) is 18.0 Å². The van der Waals surface area contributed by atoms with Crippen LogP contribution >= 0.6 is 11.6 Å². The number of hydrogen-bond donors (Lipinski definition) is 0. The number of fused-ring (bicyclic) bond motifs is 1. The summed E-state index contributed by atoms with van der Waals surface area (Å²) in [7, 11) is -0.789. The molecule has 1 saturated heterocycles. The average Bonchev–Trinajstić information content (AvgIpc) is 3.21. The molecule has 2 amide bonds. The van der Waals surface area contributed by atoms with Crippen LogP contribution < -0.4 is 0 Å². The van der Waals surface area contributed by atoms with Gasteiger partial charge in [-0.1, -0.05) is 29.8 Å². The number of rotatable bonds is 3. The van der Waals surface area contributed by atoms with Crippen LogP contribution in [0, 0.1) is 0 Å². The molecule has 1 aromatic rings. The standard InChI is InChI=1S/C20H21ClN3O4S/c1-22-17-10-9-13(12-18(17)23(2)20(26)19(22)25)29(27,28)24-11-5-8-16(24)14-6-3-4-7-15(14)21/h3-4,6-7,9-10,12,16,18H,5,8,11H2,1-2H3/q+1. The molecule has 0 bridgehead atoms. The second kappa shape index (κ2) is 7.19. The highest BCUT2D eigenvalue weighted by atomic mass is 35.5. The Labute approximate surface area is 174 Å². The molecule has 1 aliphatic carbocycles. The lowest BCUT2D eigenvalue weighted by Crippen LogP contribution is -2.55. The van der Waals surface area contributed by atoms with Gasteiger partial charge in [-0.3, -0.25) is 4.79 Å². The normalized spacial score (nSPS) is 25.5. The summed E-state index contributed by atoms with van der Waals surface area (Å²) in [4.78, 5) is 25.6. The number of nitrogens with zero attached hydrogens (tertiary/aromatic N) is 3. The lowest BCUT2D eigenvalue weighted by atomic mass is 10.0. The highest BCUT2D eigenvalue weighted by Gasteiger charge is 2.45. The van der Waals surface area contributed by atoms with Gasteiger partial charge in [-0.15, -0.1) is 0 Å². The molecule has 29 heavy (non-hydrogen) atoms. The Bertz CT molecular complexity index is 1110. The molecule has 0 saturated carbocycles. The first-order valence-electron chi connectivity index (χ1n) is 9.31. The summed E-state index contributed by atoms with van der Waals surface area (Å²) in [5.41, 5.74) is 1.36. The summed E-state index contributed by atoms with van der Waals surface area (Å²) in [6, 6.07) is 6.34. The van der Waals surface area contributed by atoms with Crippen LogP contribution in [0.3, 0.4) is 0 Å². The van der Waals surface area contributed by atoms with Crippen LogP contribution in [-0.4, -0.2) is 66.4 Å². The van der Waals surface area contributed by atoms with E-state index in [-0.39, 0.29) is 10.9 Å². The van der Waals surface area contributed by atoms with Gasteiger partial charge in [0.25, 0.3) is 0 Å². The molecule has 9 heteroatoms. The zero-order valence-corrected chi connectivity index (χ0v) is 17.7. The quantitative estimate of drug-likeness (QED) is 0.536. The predicted octanol–water partition coefficient (Wildman–Crippen LogP) is 1.71. The number of benzene rings is 1. The van der Waals surface area contributed by atoms with Crippen molar-refractivity contribution in [3.8, 4) is 0 Å². The smallest absolute Gasteiger partial charge is 0.317 e. The van der Waals surface area contributed by atoms with E-state index in [1.165, 1.54) is 40.0 Å². The van der Waals surface area contributed by atoms with Crippen LogP contribution in [0.15, 0.2) is 47.4 Å². The van der Waals surface area contributed by atoms with Crippen molar-refractivity contribution in [2.45, 2.75) is 24.9 Å². The van der Waals surface area contributed by atoms with Crippen molar-refractivity contribution in [2.24, 2.45) is 0 Å². The summed E-state index contributed by atoms with van der Waals surface area (Å²) in [5.74, 6) is -1.30. The first-order chi connectivity index (χ1) is 13.7. The summed E-state index contributed by atoms with van der Waals surface area (Å²) in [5, 5.41) is 0.543. The van der Waals surface area contributed by atoms with Crippen LogP contribution in [0.5, 0.6) is 0 Å². The number of allylic oxidation sites excluding steroid dienone is 1. The molecule has 1 fully saturated rings. The Kier molecular flexibility index (Phi) is 4.96. The van der Waals surface area contributed by atoms with Gasteiger partial charge in [-0.2, -0.15) is 8.88 Å². The zero-order chi connectivity index (χ0) is 20.9. The van der Waals surface area contributed by atoms with Gasteiger partial charge >= 0.3 is 11.8 Å². The first-order valence-corrected chi connectivity index (χ1v) is 11.1.